The Bertz CT molecular complexity index is 1440. The molecule has 1 aliphatic carbocycles. The minimum absolute atomic E-state index is 0.0383. The summed E-state index contributed by atoms with van der Waals surface area (Å²) < 4.78 is 3.99. The van der Waals surface area contributed by atoms with Crippen molar-refractivity contribution < 1.29 is 19.5 Å². The molecule has 1 aromatic heterocycles. The summed E-state index contributed by atoms with van der Waals surface area (Å²) in [4.78, 5) is 32.6. The maximum Gasteiger partial charge on any atom is 0.373 e. The molecule has 0 bridgehead atoms. The Morgan fingerprint density at radius 2 is 1.93 bits per heavy atom. The third kappa shape index (κ3) is 6.99. The zero-order chi connectivity index (χ0) is 29.5. The van der Waals surface area contributed by atoms with Crippen LogP contribution in [-0.4, -0.2) is 66.6 Å². The molecule has 0 radical (unpaired) electrons. The van der Waals surface area contributed by atoms with Gasteiger partial charge in [0, 0.05) is 42.5 Å². The van der Waals surface area contributed by atoms with Gasteiger partial charge in [-0.25, -0.2) is 4.68 Å². The predicted octanol–water partition coefficient (Wildman–Crippen LogP) is 3.41. The molecule has 1 fully saturated rings. The molecule has 0 unspecified atom stereocenters. The lowest BCUT2D eigenvalue weighted by atomic mass is 9.86. The van der Waals surface area contributed by atoms with Gasteiger partial charge in [-0.15, -0.1) is 5.10 Å². The summed E-state index contributed by atoms with van der Waals surface area (Å²) in [5.41, 5.74) is 6.04. The van der Waals surface area contributed by atoms with Crippen molar-refractivity contribution in [3.8, 4) is 0 Å². The SMILES string of the molecule is Cc1ccc(SN2C=CNC(=O)[C@H]2Cc2cn([C@@H]3CCCc4cc(CN5CCC[C@H]5CO)ccc43)nn2)cc1.O=C=O. The van der Waals surface area contributed by atoms with E-state index in [9.17, 15) is 9.90 Å². The molecular formula is C31H36N6O4S. The van der Waals surface area contributed by atoms with Gasteiger partial charge in [-0.3, -0.25) is 9.69 Å². The first-order valence-corrected chi connectivity index (χ1v) is 15.1. The fraction of sp³-hybridized carbons (Fsp3) is 0.419. The first kappa shape index (κ1) is 29.7. The van der Waals surface area contributed by atoms with E-state index in [1.807, 2.05) is 21.4 Å². The zero-order valence-corrected chi connectivity index (χ0v) is 24.5. The van der Waals surface area contributed by atoms with Gasteiger partial charge in [-0.2, -0.15) is 9.59 Å². The number of amides is 1. The van der Waals surface area contributed by atoms with Crippen molar-refractivity contribution in [2.75, 3.05) is 13.2 Å². The van der Waals surface area contributed by atoms with Crippen molar-refractivity contribution in [2.45, 2.75) is 75.0 Å². The van der Waals surface area contributed by atoms with Crippen molar-refractivity contribution in [2.24, 2.45) is 0 Å². The Hall–Kier alpha value is -3.76. The number of hydrogen-bond donors (Lipinski definition) is 2. The number of nitrogens with zero attached hydrogens (tertiary/aromatic N) is 5. The van der Waals surface area contributed by atoms with Gasteiger partial charge in [-0.1, -0.05) is 41.1 Å². The largest absolute Gasteiger partial charge is 0.395 e. The predicted molar refractivity (Wildman–Crippen MR) is 157 cm³/mol. The van der Waals surface area contributed by atoms with Gasteiger partial charge < -0.3 is 14.7 Å². The Balaban J connectivity index is 0.00000113. The number of hydrogen-bond acceptors (Lipinski definition) is 9. The monoisotopic (exact) mass is 588 g/mol. The van der Waals surface area contributed by atoms with Crippen LogP contribution < -0.4 is 5.32 Å². The highest BCUT2D eigenvalue weighted by Gasteiger charge is 2.30. The first-order valence-electron chi connectivity index (χ1n) is 14.4. The van der Waals surface area contributed by atoms with Gasteiger partial charge in [0.05, 0.1) is 18.3 Å². The lowest BCUT2D eigenvalue weighted by molar-refractivity contribution is -0.191. The van der Waals surface area contributed by atoms with Crippen LogP contribution in [0.5, 0.6) is 0 Å². The Kier molecular flexibility index (Phi) is 9.86. The number of carbonyl (C=O) groups is 1. The van der Waals surface area contributed by atoms with Crippen molar-refractivity contribution in [1.82, 2.24) is 29.5 Å². The number of fused-ring (bicyclic) bond motifs is 1. The summed E-state index contributed by atoms with van der Waals surface area (Å²) in [6, 6.07) is 15.2. The quantitative estimate of drug-likeness (QED) is 0.382. The minimum atomic E-state index is -0.374. The third-order valence-electron chi connectivity index (χ3n) is 8.15. The molecule has 220 valence electrons. The number of rotatable bonds is 8. The summed E-state index contributed by atoms with van der Waals surface area (Å²) in [7, 11) is 0. The fourth-order valence-electron chi connectivity index (χ4n) is 6.02. The molecule has 3 aliphatic rings. The van der Waals surface area contributed by atoms with Gasteiger partial charge in [-0.05, 0) is 86.3 Å². The molecule has 11 heteroatoms. The molecule has 2 N–H and O–H groups in total. The molecule has 10 nitrogen and oxygen atoms in total. The van der Waals surface area contributed by atoms with Gasteiger partial charge in [0.25, 0.3) is 0 Å². The topological polar surface area (TPSA) is 121 Å². The van der Waals surface area contributed by atoms with Crippen molar-refractivity contribution in [3.63, 3.8) is 0 Å². The summed E-state index contributed by atoms with van der Waals surface area (Å²) in [5.74, 6) is -0.0383. The maximum atomic E-state index is 12.8. The molecule has 0 saturated carbocycles. The lowest BCUT2D eigenvalue weighted by Crippen LogP contribution is -2.45. The van der Waals surface area contributed by atoms with Crippen LogP contribution in [0.1, 0.15) is 59.7 Å². The second-order valence-electron chi connectivity index (χ2n) is 11.0. The van der Waals surface area contributed by atoms with Crippen LogP contribution in [0.4, 0.5) is 0 Å². The highest BCUT2D eigenvalue weighted by Crippen LogP contribution is 2.34. The number of aryl methyl sites for hydroxylation is 2. The molecule has 2 aromatic carbocycles. The summed E-state index contributed by atoms with van der Waals surface area (Å²) in [6.07, 6.45) is 11.8. The van der Waals surface area contributed by atoms with Gasteiger partial charge >= 0.3 is 6.15 Å². The van der Waals surface area contributed by atoms with E-state index in [4.69, 9.17) is 9.59 Å². The van der Waals surface area contributed by atoms with E-state index in [0.29, 0.717) is 6.42 Å². The molecule has 1 amide bonds. The number of likely N-dealkylation sites (tertiary alicyclic amines) is 1. The van der Waals surface area contributed by atoms with Crippen LogP contribution in [-0.2, 0) is 33.8 Å². The number of nitrogens with one attached hydrogen (secondary N) is 1. The Labute approximate surface area is 249 Å². The Morgan fingerprint density at radius 1 is 1.12 bits per heavy atom. The summed E-state index contributed by atoms with van der Waals surface area (Å²) >= 11 is 1.56. The average molecular weight is 589 g/mol. The second kappa shape index (κ2) is 13.9. The van der Waals surface area contributed by atoms with Crippen LogP contribution in [0.15, 0.2) is 66.0 Å². The van der Waals surface area contributed by atoms with E-state index in [1.165, 1.54) is 22.3 Å². The molecule has 3 atom stereocenters. The van der Waals surface area contributed by atoms with Crippen molar-refractivity contribution in [1.29, 1.82) is 0 Å². The third-order valence-corrected chi connectivity index (χ3v) is 9.22. The van der Waals surface area contributed by atoms with Crippen LogP contribution >= 0.6 is 11.9 Å². The summed E-state index contributed by atoms with van der Waals surface area (Å²) in [5, 5.41) is 21.6. The molecule has 42 heavy (non-hydrogen) atoms. The number of carbonyl (C=O) groups excluding carboxylic acids is 3. The number of aliphatic hydroxyl groups is 1. The number of benzene rings is 2. The van der Waals surface area contributed by atoms with Crippen molar-refractivity contribution in [3.05, 3.63) is 89.0 Å². The standard InChI is InChI=1S/C30H36N6O2S.CO2/c1-21-7-10-26(11-8-21)39-36-15-13-31-30(38)29(36)17-24-19-35(33-32-24)28-6-2-4-23-16-22(9-12-27(23)28)18-34-14-3-5-25(34)20-37;2-1-3/h7-13,15-16,19,25,28-29,37H,2-6,14,17-18,20H2,1H3,(H,31,38);/t25-,28+,29+;/m0./s1. The van der Waals surface area contributed by atoms with Gasteiger partial charge in [0.1, 0.15) is 6.04 Å². The van der Waals surface area contributed by atoms with Crippen molar-refractivity contribution >= 4 is 24.0 Å². The molecule has 3 heterocycles. The molecule has 1 saturated heterocycles. The van der Waals surface area contributed by atoms with Crippen LogP contribution in [0.3, 0.4) is 0 Å². The van der Waals surface area contributed by atoms with Crippen LogP contribution in [0.2, 0.25) is 0 Å². The van der Waals surface area contributed by atoms with E-state index in [-0.39, 0.29) is 36.8 Å². The normalized spacial score (nSPS) is 21.7. The van der Waals surface area contributed by atoms with E-state index < -0.39 is 0 Å². The fourth-order valence-corrected chi connectivity index (χ4v) is 6.94. The second-order valence-corrected chi connectivity index (χ2v) is 12.0. The first-order chi connectivity index (χ1) is 20.5. The molecule has 3 aromatic rings. The zero-order valence-electron chi connectivity index (χ0n) is 23.7. The highest BCUT2D eigenvalue weighted by atomic mass is 32.2. The van der Waals surface area contributed by atoms with E-state index in [2.05, 4.69) is 69.9 Å². The van der Waals surface area contributed by atoms with Crippen LogP contribution in [0, 0.1) is 6.92 Å². The van der Waals surface area contributed by atoms with Gasteiger partial charge in [0.2, 0.25) is 5.91 Å². The van der Waals surface area contributed by atoms with E-state index in [0.717, 1.165) is 55.8 Å². The average Bonchev–Trinajstić information content (AvgIpc) is 3.65. The van der Waals surface area contributed by atoms with Gasteiger partial charge in [0.15, 0.2) is 0 Å². The molecule has 2 aliphatic heterocycles. The number of aromatic nitrogens is 3. The Morgan fingerprint density at radius 3 is 2.71 bits per heavy atom. The van der Waals surface area contributed by atoms with E-state index >= 15 is 0 Å². The maximum absolute atomic E-state index is 12.8. The van der Waals surface area contributed by atoms with E-state index in [1.54, 1.807) is 18.1 Å². The highest BCUT2D eigenvalue weighted by molar-refractivity contribution is 7.97. The molecule has 6 rings (SSSR count). The number of aliphatic hydroxyl groups excluding tert-OH is 1. The molecular weight excluding hydrogens is 552 g/mol. The molecule has 0 spiro atoms. The minimum Gasteiger partial charge on any atom is -0.395 e. The van der Waals surface area contributed by atoms with Crippen LogP contribution in [0.25, 0.3) is 0 Å². The smallest absolute Gasteiger partial charge is 0.373 e. The summed E-state index contributed by atoms with van der Waals surface area (Å²) in [6.45, 7) is 4.26. The lowest BCUT2D eigenvalue weighted by Gasteiger charge is -2.30.